The molecule has 1 atom stereocenters. The van der Waals surface area contributed by atoms with Gasteiger partial charge in [0.25, 0.3) is 5.91 Å². The molecule has 3 aromatic heterocycles. The van der Waals surface area contributed by atoms with Gasteiger partial charge in [-0.1, -0.05) is 11.6 Å². The third-order valence-electron chi connectivity index (χ3n) is 7.78. The van der Waals surface area contributed by atoms with E-state index in [9.17, 15) is 9.59 Å². The zero-order chi connectivity index (χ0) is 30.8. The Morgan fingerprint density at radius 3 is 2.86 bits per heavy atom. The van der Waals surface area contributed by atoms with Crippen LogP contribution < -0.4 is 22.2 Å². The van der Waals surface area contributed by atoms with Crippen LogP contribution in [0.2, 0.25) is 5.02 Å². The summed E-state index contributed by atoms with van der Waals surface area (Å²) < 4.78 is 7.16. The van der Waals surface area contributed by atoms with Gasteiger partial charge in [0, 0.05) is 47.1 Å². The fourth-order valence-corrected chi connectivity index (χ4v) is 6.59. The molecule has 15 heteroatoms. The minimum absolute atomic E-state index is 0.159. The Kier molecular flexibility index (Phi) is 8.46. The largest absolute Gasteiger partial charge is 0.451 e. The maximum Gasteiger partial charge on any atom is 0.348 e. The number of halogens is 1. The number of ether oxygens (including phenoxy) is 1. The summed E-state index contributed by atoms with van der Waals surface area (Å²) in [6.45, 7) is 1.17. The number of nitrogens with one attached hydrogen (secondary N) is 2. The van der Waals surface area contributed by atoms with E-state index in [0.717, 1.165) is 36.3 Å². The number of anilines is 1. The monoisotopic (exact) mass is 634 g/mol. The van der Waals surface area contributed by atoms with E-state index in [2.05, 4.69) is 15.1 Å². The smallest absolute Gasteiger partial charge is 0.348 e. The lowest BCUT2D eigenvalue weighted by atomic mass is 10.1. The Hall–Kier alpha value is -4.53. The van der Waals surface area contributed by atoms with Gasteiger partial charge in [-0.3, -0.25) is 15.2 Å². The molecule has 1 saturated heterocycles. The van der Waals surface area contributed by atoms with Gasteiger partial charge in [0.2, 0.25) is 0 Å². The lowest BCUT2D eigenvalue weighted by molar-refractivity contribution is -0.135. The number of nitrogens with two attached hydrogens (primary N) is 2. The molecule has 1 amide bonds. The van der Waals surface area contributed by atoms with Gasteiger partial charge in [0.05, 0.1) is 29.3 Å². The first kappa shape index (κ1) is 29.5. The van der Waals surface area contributed by atoms with E-state index in [-0.39, 0.29) is 24.0 Å². The molecule has 4 aromatic rings. The Balaban J connectivity index is 1.18. The SMILES string of the molecule is N=c1cc(-c2cc(Cl)ccc2N(N)/C=N\N)nc2n1C(c1ncc(-c3csc(C(=O)OCC(=O)N4CCCCC4)c3)[nH]1)CC2. The average Bonchev–Trinajstić information content (AvgIpc) is 3.80. The van der Waals surface area contributed by atoms with Crippen molar-refractivity contribution < 1.29 is 14.3 Å². The molecule has 6 rings (SSSR count). The molecule has 44 heavy (non-hydrogen) atoms. The molecular weight excluding hydrogens is 604 g/mol. The number of H-pyrrole nitrogens is 1. The molecule has 2 aliphatic rings. The summed E-state index contributed by atoms with van der Waals surface area (Å²) in [7, 11) is 0. The number of aromatic nitrogens is 4. The van der Waals surface area contributed by atoms with Crippen molar-refractivity contribution in [2.45, 2.75) is 38.1 Å². The lowest BCUT2D eigenvalue weighted by Gasteiger charge is -2.26. The lowest BCUT2D eigenvalue weighted by Crippen LogP contribution is -2.38. The van der Waals surface area contributed by atoms with Crippen LogP contribution in [0.3, 0.4) is 0 Å². The molecule has 1 aromatic carbocycles. The van der Waals surface area contributed by atoms with Crippen molar-refractivity contribution in [3.8, 4) is 22.5 Å². The van der Waals surface area contributed by atoms with E-state index in [0.29, 0.717) is 58.6 Å². The summed E-state index contributed by atoms with van der Waals surface area (Å²) >= 11 is 7.54. The van der Waals surface area contributed by atoms with Crippen LogP contribution >= 0.6 is 22.9 Å². The third kappa shape index (κ3) is 5.96. The number of rotatable bonds is 8. The molecule has 0 radical (unpaired) electrons. The number of nitrogens with zero attached hydrogens (tertiary/aromatic N) is 6. The van der Waals surface area contributed by atoms with Gasteiger partial charge < -0.3 is 25.0 Å². The standard InChI is InChI=1S/C29H31ClN10O3S/c30-18-4-5-22(39(33)16-35-32)19(11-18)20-12-25(31)40-23(6-7-26(40)36-20)28-34-13-21(37-28)17-10-24(44-15-17)29(42)43-14-27(41)38-8-2-1-3-9-38/h4-5,10-13,15-16,23,31H,1-3,6-9,14,32-33H2,(H,34,37)/b31-25?,35-16-. The van der Waals surface area contributed by atoms with Crippen LogP contribution in [0.4, 0.5) is 5.69 Å². The number of hydrazone groups is 1. The second-order valence-corrected chi connectivity index (χ2v) is 11.9. The van der Waals surface area contributed by atoms with Crippen molar-refractivity contribution in [2.24, 2.45) is 16.8 Å². The summed E-state index contributed by atoms with van der Waals surface area (Å²) in [6, 6.07) is 8.36. The molecule has 13 nitrogen and oxygen atoms in total. The fourth-order valence-electron chi connectivity index (χ4n) is 5.62. The van der Waals surface area contributed by atoms with Crippen molar-refractivity contribution in [3.05, 3.63) is 68.9 Å². The number of piperidine rings is 1. The van der Waals surface area contributed by atoms with Crippen molar-refractivity contribution in [1.29, 1.82) is 5.41 Å². The van der Waals surface area contributed by atoms with Crippen molar-refractivity contribution >= 4 is 46.8 Å². The summed E-state index contributed by atoms with van der Waals surface area (Å²) in [4.78, 5) is 40.0. The van der Waals surface area contributed by atoms with Crippen LogP contribution in [-0.4, -0.2) is 62.3 Å². The fraction of sp³-hybridized carbons (Fsp3) is 0.310. The van der Waals surface area contributed by atoms with Crippen LogP contribution in [-0.2, 0) is 16.0 Å². The highest BCUT2D eigenvalue weighted by Gasteiger charge is 2.29. The molecule has 1 fully saturated rings. The van der Waals surface area contributed by atoms with Gasteiger partial charge >= 0.3 is 5.97 Å². The molecule has 0 bridgehead atoms. The topological polar surface area (TPSA) is 185 Å². The maximum absolute atomic E-state index is 12.6. The summed E-state index contributed by atoms with van der Waals surface area (Å²) in [5, 5.41) is 16.0. The van der Waals surface area contributed by atoms with E-state index in [1.807, 2.05) is 9.95 Å². The predicted octanol–water partition coefficient (Wildman–Crippen LogP) is 3.42. The predicted molar refractivity (Wildman–Crippen MR) is 167 cm³/mol. The summed E-state index contributed by atoms with van der Waals surface area (Å²) in [5.74, 6) is 12.1. The minimum atomic E-state index is -0.525. The van der Waals surface area contributed by atoms with E-state index < -0.39 is 5.97 Å². The molecular formula is C29H31ClN10O3S. The highest BCUT2D eigenvalue weighted by atomic mass is 35.5. The van der Waals surface area contributed by atoms with E-state index in [1.165, 1.54) is 22.7 Å². The first-order valence-corrected chi connectivity index (χ1v) is 15.4. The number of carbonyl (C=O) groups excluding carboxylic acids is 2. The van der Waals surface area contributed by atoms with Crippen molar-refractivity contribution in [2.75, 3.05) is 24.7 Å². The summed E-state index contributed by atoms with van der Waals surface area (Å²) in [5.41, 5.74) is 3.55. The van der Waals surface area contributed by atoms with Crippen LogP contribution in [0.1, 0.15) is 53.0 Å². The Bertz CT molecular complexity index is 1790. The van der Waals surface area contributed by atoms with Crippen LogP contribution in [0, 0.1) is 5.41 Å². The highest BCUT2D eigenvalue weighted by molar-refractivity contribution is 7.12. The Morgan fingerprint density at radius 1 is 1.25 bits per heavy atom. The van der Waals surface area contributed by atoms with E-state index in [1.54, 1.807) is 41.4 Å². The number of esters is 1. The second-order valence-electron chi connectivity index (χ2n) is 10.6. The Labute approximate surface area is 261 Å². The first-order chi connectivity index (χ1) is 21.3. The molecule has 5 heterocycles. The number of thiophene rings is 1. The van der Waals surface area contributed by atoms with Crippen molar-refractivity contribution in [1.82, 2.24) is 24.4 Å². The molecule has 0 spiro atoms. The number of aryl methyl sites for hydroxylation is 1. The molecule has 1 unspecified atom stereocenters. The summed E-state index contributed by atoms with van der Waals surface area (Å²) in [6.07, 6.45) is 7.41. The number of benzene rings is 1. The van der Waals surface area contributed by atoms with Gasteiger partial charge in [-0.05, 0) is 49.9 Å². The number of hydrazine groups is 1. The van der Waals surface area contributed by atoms with Crippen LogP contribution in [0.25, 0.3) is 22.5 Å². The number of likely N-dealkylation sites (tertiary alicyclic amines) is 1. The molecule has 0 aliphatic carbocycles. The number of carbonyl (C=O) groups is 2. The number of fused-ring (bicyclic) bond motifs is 1. The normalized spacial score (nSPS) is 16.3. The van der Waals surface area contributed by atoms with E-state index in [4.69, 9.17) is 38.4 Å². The molecule has 0 saturated carbocycles. The number of amides is 1. The van der Waals surface area contributed by atoms with Crippen LogP contribution in [0.5, 0.6) is 0 Å². The van der Waals surface area contributed by atoms with Gasteiger partial charge in [-0.2, -0.15) is 5.10 Å². The zero-order valence-electron chi connectivity index (χ0n) is 23.7. The van der Waals surface area contributed by atoms with Gasteiger partial charge in [0.1, 0.15) is 28.4 Å². The van der Waals surface area contributed by atoms with Gasteiger partial charge in [0.15, 0.2) is 6.61 Å². The van der Waals surface area contributed by atoms with Gasteiger partial charge in [-0.15, -0.1) is 11.3 Å². The van der Waals surface area contributed by atoms with E-state index >= 15 is 0 Å². The Morgan fingerprint density at radius 2 is 2.07 bits per heavy atom. The minimum Gasteiger partial charge on any atom is -0.451 e. The van der Waals surface area contributed by atoms with Gasteiger partial charge in [-0.25, -0.2) is 20.6 Å². The van der Waals surface area contributed by atoms with Crippen LogP contribution in [0.15, 0.2) is 47.0 Å². The first-order valence-electron chi connectivity index (χ1n) is 14.2. The second kappa shape index (κ2) is 12.6. The maximum atomic E-state index is 12.6. The third-order valence-corrected chi connectivity index (χ3v) is 8.92. The zero-order valence-corrected chi connectivity index (χ0v) is 25.3. The molecule has 6 N–H and O–H groups in total. The number of imidazole rings is 1. The highest BCUT2D eigenvalue weighted by Crippen LogP contribution is 2.34. The van der Waals surface area contributed by atoms with Crippen molar-refractivity contribution in [3.63, 3.8) is 0 Å². The molecule has 228 valence electrons. The average molecular weight is 635 g/mol. The number of aromatic amines is 1. The molecule has 2 aliphatic heterocycles. The number of hydrogen-bond acceptors (Lipinski definition) is 10. The quantitative estimate of drug-likeness (QED) is 0.0746. The number of hydrogen-bond donors (Lipinski definition) is 4.